The molecule has 1 unspecified atom stereocenters. The first-order valence-corrected chi connectivity index (χ1v) is 11.0. The van der Waals surface area contributed by atoms with Crippen molar-refractivity contribution >= 4 is 34.7 Å². The van der Waals surface area contributed by atoms with Crippen LogP contribution in [0.15, 0.2) is 48.7 Å². The Bertz CT molecular complexity index is 974. The average Bonchev–Trinajstić information content (AvgIpc) is 3.15. The minimum absolute atomic E-state index is 0.0174. The van der Waals surface area contributed by atoms with E-state index in [0.717, 1.165) is 47.1 Å². The smallest absolute Gasteiger partial charge is 0.274 e. The number of aromatic nitrogens is 2. The fourth-order valence-corrected chi connectivity index (χ4v) is 4.70. The van der Waals surface area contributed by atoms with Gasteiger partial charge in [-0.25, -0.2) is 9.97 Å². The first-order chi connectivity index (χ1) is 14.1. The van der Waals surface area contributed by atoms with Gasteiger partial charge < -0.3 is 10.2 Å². The number of anilines is 1. The van der Waals surface area contributed by atoms with Crippen molar-refractivity contribution in [1.29, 1.82) is 0 Å². The topological polar surface area (TPSA) is 58.1 Å². The van der Waals surface area contributed by atoms with Crippen molar-refractivity contribution < 1.29 is 4.79 Å². The number of benzene rings is 1. The van der Waals surface area contributed by atoms with Crippen LogP contribution in [0.1, 0.15) is 34.8 Å². The molecule has 1 saturated heterocycles. The highest BCUT2D eigenvalue weighted by Crippen LogP contribution is 2.32. The lowest BCUT2D eigenvalue weighted by Crippen LogP contribution is -2.47. The summed E-state index contributed by atoms with van der Waals surface area (Å²) in [6.45, 7) is 3.36. The number of halogens is 1. The van der Waals surface area contributed by atoms with Gasteiger partial charge in [0.2, 0.25) is 0 Å². The average molecular weight is 427 g/mol. The lowest BCUT2D eigenvalue weighted by molar-refractivity contribution is 0.0623. The summed E-state index contributed by atoms with van der Waals surface area (Å²) in [6.07, 6.45) is 4.73. The number of thiazole rings is 1. The molecule has 1 fully saturated rings. The summed E-state index contributed by atoms with van der Waals surface area (Å²) in [5.41, 5.74) is 1.61. The van der Waals surface area contributed by atoms with Gasteiger partial charge in [0, 0.05) is 25.3 Å². The van der Waals surface area contributed by atoms with Gasteiger partial charge in [-0.3, -0.25) is 4.79 Å². The van der Waals surface area contributed by atoms with Crippen molar-refractivity contribution in [2.75, 3.05) is 18.4 Å². The van der Waals surface area contributed by atoms with Crippen LogP contribution in [0.2, 0.25) is 5.02 Å². The molecule has 1 N–H and O–H groups in total. The number of hydrogen-bond donors (Lipinski definition) is 1. The zero-order chi connectivity index (χ0) is 20.2. The number of carbonyl (C=O) groups excluding carboxylic acids is 1. The van der Waals surface area contributed by atoms with Crippen molar-refractivity contribution in [3.8, 4) is 10.4 Å². The molecular weight excluding hydrogens is 404 g/mol. The fourth-order valence-electron chi connectivity index (χ4n) is 3.68. The first-order valence-electron chi connectivity index (χ1n) is 9.81. The van der Waals surface area contributed by atoms with E-state index < -0.39 is 0 Å². The number of likely N-dealkylation sites (tertiary alicyclic amines) is 1. The number of piperidine rings is 1. The summed E-state index contributed by atoms with van der Waals surface area (Å²) in [6, 6.07) is 13.8. The maximum Gasteiger partial charge on any atom is 0.274 e. The predicted octanol–water partition coefficient (Wildman–Crippen LogP) is 5.27. The zero-order valence-electron chi connectivity index (χ0n) is 16.3. The molecule has 150 valence electrons. The Morgan fingerprint density at radius 3 is 2.83 bits per heavy atom. The predicted molar refractivity (Wildman–Crippen MR) is 119 cm³/mol. The summed E-state index contributed by atoms with van der Waals surface area (Å²) < 4.78 is 0. The second-order valence-electron chi connectivity index (χ2n) is 7.17. The Labute approximate surface area is 179 Å². The summed E-state index contributed by atoms with van der Waals surface area (Å²) in [5, 5.41) is 4.86. The summed E-state index contributed by atoms with van der Waals surface area (Å²) in [5.74, 6) is 0.783. The highest BCUT2D eigenvalue weighted by molar-refractivity contribution is 7.15. The van der Waals surface area contributed by atoms with Crippen molar-refractivity contribution in [1.82, 2.24) is 14.9 Å². The first kappa shape index (κ1) is 19.9. The molecule has 1 aliphatic heterocycles. The Morgan fingerprint density at radius 2 is 2.07 bits per heavy atom. The Hall–Kier alpha value is -2.44. The monoisotopic (exact) mass is 426 g/mol. The molecule has 3 heterocycles. The molecule has 0 bridgehead atoms. The maximum absolute atomic E-state index is 13.5. The summed E-state index contributed by atoms with van der Waals surface area (Å²) in [7, 11) is 0. The lowest BCUT2D eigenvalue weighted by Gasteiger charge is -2.35. The molecule has 1 aromatic carbocycles. The number of nitrogens with one attached hydrogen (secondary N) is 1. The third-order valence-corrected chi connectivity index (χ3v) is 6.35. The van der Waals surface area contributed by atoms with Gasteiger partial charge in [0.1, 0.15) is 11.5 Å². The van der Waals surface area contributed by atoms with Crippen molar-refractivity contribution in [2.45, 2.75) is 32.2 Å². The van der Waals surface area contributed by atoms with Crippen LogP contribution in [0.3, 0.4) is 0 Å². The molecule has 7 heteroatoms. The third kappa shape index (κ3) is 4.60. The van der Waals surface area contributed by atoms with Gasteiger partial charge in [-0.2, -0.15) is 0 Å². The molecule has 3 aromatic rings. The van der Waals surface area contributed by atoms with E-state index in [4.69, 9.17) is 11.6 Å². The SMILES string of the molecule is Cc1nc(C(=O)N2CCCCC2CNc2ccc(Cl)cn2)c(-c2ccccc2)s1. The van der Waals surface area contributed by atoms with Crippen molar-refractivity contribution in [3.05, 3.63) is 64.4 Å². The van der Waals surface area contributed by atoms with E-state index in [0.29, 0.717) is 17.3 Å². The van der Waals surface area contributed by atoms with Gasteiger partial charge in [-0.15, -0.1) is 11.3 Å². The number of rotatable bonds is 5. The van der Waals surface area contributed by atoms with E-state index in [1.165, 1.54) is 0 Å². The van der Waals surface area contributed by atoms with Gasteiger partial charge >= 0.3 is 0 Å². The number of pyridine rings is 1. The molecule has 0 saturated carbocycles. The molecule has 2 aromatic heterocycles. The third-order valence-electron chi connectivity index (χ3n) is 5.11. The Morgan fingerprint density at radius 1 is 1.24 bits per heavy atom. The van der Waals surface area contributed by atoms with Crippen LogP contribution in [-0.4, -0.2) is 39.9 Å². The number of nitrogens with zero attached hydrogens (tertiary/aromatic N) is 3. The van der Waals surface area contributed by atoms with Crippen LogP contribution in [0, 0.1) is 6.92 Å². The molecule has 5 nitrogen and oxygen atoms in total. The van der Waals surface area contributed by atoms with E-state index in [-0.39, 0.29) is 11.9 Å². The Balaban J connectivity index is 1.54. The minimum atomic E-state index is 0.0174. The van der Waals surface area contributed by atoms with Gasteiger partial charge in [0.25, 0.3) is 5.91 Å². The number of aryl methyl sites for hydroxylation is 1. The molecule has 29 heavy (non-hydrogen) atoms. The maximum atomic E-state index is 13.5. The van der Waals surface area contributed by atoms with Crippen LogP contribution < -0.4 is 5.32 Å². The molecular formula is C22H23ClN4OS. The standard InChI is InChI=1S/C22H23ClN4OS/c1-15-26-20(21(29-15)16-7-3-2-4-8-16)22(28)27-12-6-5-9-18(27)14-25-19-11-10-17(23)13-24-19/h2-4,7-8,10-11,13,18H,5-6,9,12,14H2,1H3,(H,24,25). The molecule has 1 amide bonds. The molecule has 1 aliphatic rings. The summed E-state index contributed by atoms with van der Waals surface area (Å²) in [4.78, 5) is 25.3. The molecule has 4 rings (SSSR count). The van der Waals surface area contributed by atoms with Crippen molar-refractivity contribution in [3.63, 3.8) is 0 Å². The molecule has 0 radical (unpaired) electrons. The highest BCUT2D eigenvalue weighted by atomic mass is 35.5. The second kappa shape index (κ2) is 8.93. The molecule has 1 atom stereocenters. The van der Waals surface area contributed by atoms with E-state index >= 15 is 0 Å². The van der Waals surface area contributed by atoms with Gasteiger partial charge in [-0.05, 0) is 43.9 Å². The second-order valence-corrected chi connectivity index (χ2v) is 8.81. The minimum Gasteiger partial charge on any atom is -0.368 e. The van der Waals surface area contributed by atoms with E-state index in [2.05, 4.69) is 15.3 Å². The number of amides is 1. The van der Waals surface area contributed by atoms with Crippen LogP contribution in [0.25, 0.3) is 10.4 Å². The number of hydrogen-bond acceptors (Lipinski definition) is 5. The van der Waals surface area contributed by atoms with E-state index in [1.807, 2.05) is 54.3 Å². The van der Waals surface area contributed by atoms with Crippen LogP contribution in [-0.2, 0) is 0 Å². The van der Waals surface area contributed by atoms with Crippen LogP contribution >= 0.6 is 22.9 Å². The normalized spacial score (nSPS) is 16.6. The number of carbonyl (C=O) groups is 1. The van der Waals surface area contributed by atoms with Crippen LogP contribution in [0.5, 0.6) is 0 Å². The van der Waals surface area contributed by atoms with E-state index in [1.54, 1.807) is 17.5 Å². The van der Waals surface area contributed by atoms with Crippen molar-refractivity contribution in [2.24, 2.45) is 0 Å². The van der Waals surface area contributed by atoms with E-state index in [9.17, 15) is 4.79 Å². The lowest BCUT2D eigenvalue weighted by atomic mass is 10.0. The quantitative estimate of drug-likeness (QED) is 0.603. The zero-order valence-corrected chi connectivity index (χ0v) is 17.8. The fraction of sp³-hybridized carbons (Fsp3) is 0.318. The van der Waals surface area contributed by atoms with Gasteiger partial charge in [0.15, 0.2) is 0 Å². The van der Waals surface area contributed by atoms with Crippen LogP contribution in [0.4, 0.5) is 5.82 Å². The Kier molecular flexibility index (Phi) is 6.11. The van der Waals surface area contributed by atoms with Gasteiger partial charge in [-0.1, -0.05) is 41.9 Å². The molecule has 0 spiro atoms. The van der Waals surface area contributed by atoms with Gasteiger partial charge in [0.05, 0.1) is 14.9 Å². The summed E-state index contributed by atoms with van der Waals surface area (Å²) >= 11 is 7.49. The molecule has 0 aliphatic carbocycles. The highest BCUT2D eigenvalue weighted by Gasteiger charge is 2.30. The largest absolute Gasteiger partial charge is 0.368 e.